The molecule has 1 amide bonds. The fourth-order valence-electron chi connectivity index (χ4n) is 2.74. The van der Waals surface area contributed by atoms with E-state index in [4.69, 9.17) is 0 Å². The second-order valence-electron chi connectivity index (χ2n) is 5.97. The second kappa shape index (κ2) is 8.22. The predicted molar refractivity (Wildman–Crippen MR) is 95.6 cm³/mol. The third kappa shape index (κ3) is 4.35. The number of hydrogen-bond acceptors (Lipinski definition) is 6. The van der Waals surface area contributed by atoms with Gasteiger partial charge in [-0.25, -0.2) is 0 Å². The Balaban J connectivity index is 1.96. The van der Waals surface area contributed by atoms with Gasteiger partial charge in [-0.2, -0.15) is 4.68 Å². The van der Waals surface area contributed by atoms with Gasteiger partial charge < -0.3 is 15.2 Å². The lowest BCUT2D eigenvalue weighted by Crippen LogP contribution is -2.41. The topological polar surface area (TPSA) is 117 Å². The first-order valence-electron chi connectivity index (χ1n) is 8.42. The van der Waals surface area contributed by atoms with Crippen molar-refractivity contribution in [3.63, 3.8) is 0 Å². The molecule has 8 nitrogen and oxygen atoms in total. The molecule has 0 aliphatic carbocycles. The number of hydrogen-bond donors (Lipinski definition) is 1. The minimum absolute atomic E-state index is 0.0950. The van der Waals surface area contributed by atoms with Gasteiger partial charge in [0, 0.05) is 25.4 Å². The second-order valence-corrected chi connectivity index (χ2v) is 5.97. The lowest BCUT2D eigenvalue weighted by atomic mass is 10.1. The summed E-state index contributed by atoms with van der Waals surface area (Å²) in [5.74, 6) is -1.77. The Bertz CT molecular complexity index is 1020. The number of rotatable bonds is 7. The maximum absolute atomic E-state index is 12.8. The molecule has 0 aliphatic heterocycles. The van der Waals surface area contributed by atoms with Crippen LogP contribution in [0.3, 0.4) is 0 Å². The normalized spacial score (nSPS) is 11.9. The summed E-state index contributed by atoms with van der Waals surface area (Å²) < 4.78 is 1.05. The average Bonchev–Trinajstić information content (AvgIpc) is 2.67. The number of carboxylic acid groups (broad SMARTS) is 1. The molecular weight excluding hydrogens is 348 g/mol. The molecule has 3 rings (SSSR count). The van der Waals surface area contributed by atoms with E-state index in [1.807, 2.05) is 30.3 Å². The third-order valence-electron chi connectivity index (χ3n) is 4.09. The van der Waals surface area contributed by atoms with Crippen LogP contribution in [0.2, 0.25) is 0 Å². The van der Waals surface area contributed by atoms with Gasteiger partial charge in [0.05, 0.1) is 5.39 Å². The molecule has 0 spiro atoms. The molecule has 1 heterocycles. The van der Waals surface area contributed by atoms with Crippen molar-refractivity contribution >= 4 is 22.8 Å². The number of carbonyl (C=O) groups excluding carboxylic acids is 2. The van der Waals surface area contributed by atoms with Crippen LogP contribution in [0.25, 0.3) is 10.9 Å². The molecule has 0 unspecified atom stereocenters. The summed E-state index contributed by atoms with van der Waals surface area (Å²) in [6.07, 6.45) is -0.104. The van der Waals surface area contributed by atoms with E-state index in [0.29, 0.717) is 10.9 Å². The standard InChI is InChI=1S/C19H18N4O4/c24-17(25)10-11-20-18(26)16(12-13-6-2-1-3-7-13)23-19(27)14-8-4-5-9-15(14)21-22-23/h1-9,16H,10-12H2,(H,20,26)(H,24,25)/p-1/t16-/m0/s1. The molecule has 1 aromatic heterocycles. The predicted octanol–water partition coefficient (Wildman–Crippen LogP) is -0.168. The summed E-state index contributed by atoms with van der Waals surface area (Å²) in [7, 11) is 0. The fraction of sp³-hybridized carbons (Fsp3) is 0.211. The van der Waals surface area contributed by atoms with E-state index >= 15 is 0 Å². The quantitative estimate of drug-likeness (QED) is 0.621. The number of carbonyl (C=O) groups is 2. The van der Waals surface area contributed by atoms with Gasteiger partial charge in [0.1, 0.15) is 11.6 Å². The van der Waals surface area contributed by atoms with Crippen molar-refractivity contribution in [1.29, 1.82) is 0 Å². The Morgan fingerprint density at radius 1 is 1.07 bits per heavy atom. The summed E-state index contributed by atoms with van der Waals surface area (Å²) in [6, 6.07) is 15.0. The highest BCUT2D eigenvalue weighted by atomic mass is 16.4. The van der Waals surface area contributed by atoms with Crippen molar-refractivity contribution < 1.29 is 14.7 Å². The first-order valence-corrected chi connectivity index (χ1v) is 8.42. The third-order valence-corrected chi connectivity index (χ3v) is 4.09. The van der Waals surface area contributed by atoms with Crippen molar-refractivity contribution in [2.75, 3.05) is 6.54 Å². The molecule has 138 valence electrons. The van der Waals surface area contributed by atoms with Crippen molar-refractivity contribution in [1.82, 2.24) is 20.3 Å². The molecule has 1 atom stereocenters. The molecule has 0 radical (unpaired) electrons. The number of fused-ring (bicyclic) bond motifs is 1. The van der Waals surface area contributed by atoms with Crippen molar-refractivity contribution in [2.45, 2.75) is 18.9 Å². The summed E-state index contributed by atoms with van der Waals surface area (Å²) in [6.45, 7) is -0.0950. The van der Waals surface area contributed by atoms with Crippen LogP contribution in [0.4, 0.5) is 0 Å². The molecule has 2 aromatic carbocycles. The summed E-state index contributed by atoms with van der Waals surface area (Å²) in [4.78, 5) is 36.1. The minimum atomic E-state index is -1.27. The van der Waals surface area contributed by atoms with Crippen molar-refractivity contribution in [3.05, 3.63) is 70.5 Å². The molecule has 0 saturated carbocycles. The van der Waals surface area contributed by atoms with Crippen LogP contribution < -0.4 is 16.0 Å². The van der Waals surface area contributed by atoms with Gasteiger partial charge in [0.25, 0.3) is 5.56 Å². The number of carboxylic acids is 1. The van der Waals surface area contributed by atoms with Crippen LogP contribution in [0.15, 0.2) is 59.4 Å². The zero-order valence-electron chi connectivity index (χ0n) is 14.4. The molecule has 3 aromatic rings. The van der Waals surface area contributed by atoms with E-state index in [-0.39, 0.29) is 19.4 Å². The number of amides is 1. The van der Waals surface area contributed by atoms with Crippen LogP contribution in [-0.2, 0) is 16.0 Å². The fourth-order valence-corrected chi connectivity index (χ4v) is 2.74. The lowest BCUT2D eigenvalue weighted by molar-refractivity contribution is -0.305. The summed E-state index contributed by atoms with van der Waals surface area (Å²) in [5, 5.41) is 21.4. The Hall–Kier alpha value is -3.55. The monoisotopic (exact) mass is 365 g/mol. The van der Waals surface area contributed by atoms with Crippen LogP contribution in [0.1, 0.15) is 18.0 Å². The molecule has 0 saturated heterocycles. The van der Waals surface area contributed by atoms with E-state index in [9.17, 15) is 19.5 Å². The Morgan fingerprint density at radius 2 is 1.78 bits per heavy atom. The van der Waals surface area contributed by atoms with Crippen LogP contribution >= 0.6 is 0 Å². The van der Waals surface area contributed by atoms with Crippen molar-refractivity contribution in [3.8, 4) is 0 Å². The lowest BCUT2D eigenvalue weighted by Gasteiger charge is -2.18. The molecule has 27 heavy (non-hydrogen) atoms. The minimum Gasteiger partial charge on any atom is -0.550 e. The highest BCUT2D eigenvalue weighted by Crippen LogP contribution is 2.14. The van der Waals surface area contributed by atoms with E-state index in [1.165, 1.54) is 0 Å². The number of aliphatic carboxylic acids is 1. The Morgan fingerprint density at radius 3 is 2.52 bits per heavy atom. The Kier molecular flexibility index (Phi) is 5.55. The SMILES string of the molecule is O=C([O-])CCNC(=O)[C@H](Cc1ccccc1)n1nnc2ccccc2c1=O. The molecular formula is C19H17N4O4-. The largest absolute Gasteiger partial charge is 0.550 e. The number of nitrogens with one attached hydrogen (secondary N) is 1. The van der Waals surface area contributed by atoms with Crippen LogP contribution in [-0.4, -0.2) is 33.4 Å². The maximum atomic E-state index is 12.8. The number of aromatic nitrogens is 3. The van der Waals surface area contributed by atoms with Gasteiger partial charge >= 0.3 is 0 Å². The highest BCUT2D eigenvalue weighted by molar-refractivity contribution is 5.82. The van der Waals surface area contributed by atoms with Gasteiger partial charge in [-0.15, -0.1) is 5.10 Å². The van der Waals surface area contributed by atoms with Gasteiger partial charge in [0.2, 0.25) is 5.91 Å². The van der Waals surface area contributed by atoms with E-state index in [0.717, 1.165) is 10.2 Å². The summed E-state index contributed by atoms with van der Waals surface area (Å²) in [5.41, 5.74) is 0.838. The average molecular weight is 365 g/mol. The highest BCUT2D eigenvalue weighted by Gasteiger charge is 2.24. The zero-order valence-corrected chi connectivity index (χ0v) is 14.4. The zero-order chi connectivity index (χ0) is 19.2. The van der Waals surface area contributed by atoms with Crippen LogP contribution in [0.5, 0.6) is 0 Å². The molecule has 1 N–H and O–H groups in total. The molecule has 8 heteroatoms. The Labute approximate surface area is 154 Å². The van der Waals surface area contributed by atoms with Gasteiger partial charge in [0.15, 0.2) is 0 Å². The summed E-state index contributed by atoms with van der Waals surface area (Å²) >= 11 is 0. The van der Waals surface area contributed by atoms with Crippen LogP contribution in [0, 0.1) is 0 Å². The van der Waals surface area contributed by atoms with E-state index < -0.39 is 23.5 Å². The first-order chi connectivity index (χ1) is 13.1. The number of benzene rings is 2. The van der Waals surface area contributed by atoms with Crippen molar-refractivity contribution in [2.24, 2.45) is 0 Å². The first kappa shape index (κ1) is 18.2. The van der Waals surface area contributed by atoms with Gasteiger partial charge in [-0.1, -0.05) is 47.7 Å². The molecule has 0 aliphatic rings. The molecule has 0 bridgehead atoms. The van der Waals surface area contributed by atoms with E-state index in [2.05, 4.69) is 15.6 Å². The number of nitrogens with zero attached hydrogens (tertiary/aromatic N) is 3. The van der Waals surface area contributed by atoms with Gasteiger partial charge in [-0.3, -0.25) is 9.59 Å². The molecule has 0 fully saturated rings. The van der Waals surface area contributed by atoms with E-state index in [1.54, 1.807) is 24.3 Å². The smallest absolute Gasteiger partial charge is 0.278 e. The maximum Gasteiger partial charge on any atom is 0.278 e. The van der Waals surface area contributed by atoms with Gasteiger partial charge in [-0.05, 0) is 17.7 Å².